The van der Waals surface area contributed by atoms with Crippen LogP contribution in [0.2, 0.25) is 5.02 Å². The zero-order chi connectivity index (χ0) is 20.6. The van der Waals surface area contributed by atoms with Gasteiger partial charge in [0, 0.05) is 22.4 Å². The average Bonchev–Trinajstić information content (AvgIpc) is 2.73. The van der Waals surface area contributed by atoms with E-state index in [2.05, 4.69) is 12.1 Å². The Morgan fingerprint density at radius 3 is 2.31 bits per heavy atom. The molecule has 0 N–H and O–H groups in total. The van der Waals surface area contributed by atoms with Crippen LogP contribution in [0, 0.1) is 0 Å². The SMILES string of the molecule is COc1ccc(CS(=O)C2CC(=O)N2CCCCCCc2ccc(Cl)cc2)cc1. The van der Waals surface area contributed by atoms with Gasteiger partial charge in [0.25, 0.3) is 0 Å². The lowest BCUT2D eigenvalue weighted by molar-refractivity contribution is -0.141. The lowest BCUT2D eigenvalue weighted by atomic mass is 10.1. The Balaban J connectivity index is 1.35. The fourth-order valence-electron chi connectivity index (χ4n) is 3.53. The first-order valence-corrected chi connectivity index (χ1v) is 11.9. The molecule has 0 spiro atoms. The Morgan fingerprint density at radius 1 is 1.00 bits per heavy atom. The Hall–Kier alpha value is -1.85. The van der Waals surface area contributed by atoms with Crippen LogP contribution >= 0.6 is 11.6 Å². The van der Waals surface area contributed by atoms with Gasteiger partial charge in [-0.3, -0.25) is 9.00 Å². The lowest BCUT2D eigenvalue weighted by Gasteiger charge is -2.39. The van der Waals surface area contributed by atoms with Crippen molar-refractivity contribution in [3.05, 3.63) is 64.7 Å². The van der Waals surface area contributed by atoms with E-state index in [0.717, 1.165) is 48.4 Å². The Morgan fingerprint density at radius 2 is 1.66 bits per heavy atom. The summed E-state index contributed by atoms with van der Waals surface area (Å²) in [6.45, 7) is 0.707. The van der Waals surface area contributed by atoms with Crippen LogP contribution in [0.25, 0.3) is 0 Å². The summed E-state index contributed by atoms with van der Waals surface area (Å²) in [5.74, 6) is 1.38. The number of benzene rings is 2. The van der Waals surface area contributed by atoms with Gasteiger partial charge in [0.1, 0.15) is 11.1 Å². The van der Waals surface area contributed by atoms with Gasteiger partial charge in [-0.1, -0.05) is 48.7 Å². The molecule has 0 aromatic heterocycles. The van der Waals surface area contributed by atoms with Crippen molar-refractivity contribution in [2.75, 3.05) is 13.7 Å². The van der Waals surface area contributed by atoms with Crippen molar-refractivity contribution in [2.45, 2.75) is 49.7 Å². The van der Waals surface area contributed by atoms with E-state index >= 15 is 0 Å². The maximum atomic E-state index is 12.7. The second kappa shape index (κ2) is 10.8. The van der Waals surface area contributed by atoms with Crippen molar-refractivity contribution in [1.82, 2.24) is 4.90 Å². The normalized spacial score (nSPS) is 17.1. The van der Waals surface area contributed by atoms with Crippen LogP contribution in [0.15, 0.2) is 48.5 Å². The molecular formula is C23H28ClNO3S. The highest BCUT2D eigenvalue weighted by Gasteiger charge is 2.39. The quantitative estimate of drug-likeness (QED) is 0.371. The summed E-state index contributed by atoms with van der Waals surface area (Å²) in [4.78, 5) is 13.8. The van der Waals surface area contributed by atoms with Gasteiger partial charge in [-0.25, -0.2) is 0 Å². The highest BCUT2D eigenvalue weighted by Crippen LogP contribution is 2.25. The standard InChI is InChI=1S/C23H28ClNO3S/c1-28-21-13-9-19(10-14-21)17-29(27)23-16-22(26)25(23)15-5-3-2-4-6-18-7-11-20(24)12-8-18/h7-14,23H,2-6,15-17H2,1H3. The molecule has 0 aliphatic carbocycles. The summed E-state index contributed by atoms with van der Waals surface area (Å²) in [7, 11) is 0.557. The molecule has 1 amide bonds. The molecule has 1 heterocycles. The van der Waals surface area contributed by atoms with Crippen LogP contribution in [0.5, 0.6) is 5.75 Å². The Bertz CT molecular complexity index is 823. The minimum absolute atomic E-state index is 0.124. The molecular weight excluding hydrogens is 406 g/mol. The molecule has 1 fully saturated rings. The molecule has 0 saturated carbocycles. The minimum Gasteiger partial charge on any atom is -0.497 e. The summed E-state index contributed by atoms with van der Waals surface area (Å²) >= 11 is 5.91. The lowest BCUT2D eigenvalue weighted by Crippen LogP contribution is -2.55. The second-order valence-electron chi connectivity index (χ2n) is 7.41. The molecule has 1 aliphatic rings. The zero-order valence-corrected chi connectivity index (χ0v) is 18.4. The monoisotopic (exact) mass is 433 g/mol. The van der Waals surface area contributed by atoms with Gasteiger partial charge in [0.05, 0.1) is 19.3 Å². The van der Waals surface area contributed by atoms with Crippen molar-refractivity contribution >= 4 is 28.3 Å². The number of nitrogens with zero attached hydrogens (tertiary/aromatic N) is 1. The molecule has 2 unspecified atom stereocenters. The molecule has 2 aromatic rings. The van der Waals surface area contributed by atoms with Crippen LogP contribution in [-0.4, -0.2) is 34.0 Å². The zero-order valence-electron chi connectivity index (χ0n) is 16.8. The van der Waals surface area contributed by atoms with E-state index in [1.165, 1.54) is 5.56 Å². The predicted molar refractivity (Wildman–Crippen MR) is 119 cm³/mol. The number of methoxy groups -OCH3 is 1. The number of carbonyl (C=O) groups is 1. The molecule has 1 saturated heterocycles. The third-order valence-corrected chi connectivity index (χ3v) is 7.21. The largest absolute Gasteiger partial charge is 0.497 e. The molecule has 6 heteroatoms. The fourth-order valence-corrected chi connectivity index (χ4v) is 5.20. The Kier molecular flexibility index (Phi) is 8.13. The summed E-state index contributed by atoms with van der Waals surface area (Å²) in [5.41, 5.74) is 2.31. The summed E-state index contributed by atoms with van der Waals surface area (Å²) in [6.07, 6.45) is 5.75. The van der Waals surface area contributed by atoms with Crippen LogP contribution in [-0.2, 0) is 27.8 Å². The maximum absolute atomic E-state index is 12.7. The highest BCUT2D eigenvalue weighted by molar-refractivity contribution is 7.84. The van der Waals surface area contributed by atoms with E-state index < -0.39 is 10.8 Å². The first-order chi connectivity index (χ1) is 14.1. The molecule has 2 atom stereocenters. The number of β-lactam (4-membered cyclic amide) rings is 1. The first kappa shape index (κ1) is 21.8. The average molecular weight is 434 g/mol. The second-order valence-corrected chi connectivity index (χ2v) is 9.44. The number of aryl methyl sites for hydroxylation is 1. The van der Waals surface area contributed by atoms with E-state index in [0.29, 0.717) is 18.7 Å². The number of rotatable bonds is 11. The molecule has 0 radical (unpaired) electrons. The van der Waals surface area contributed by atoms with Crippen molar-refractivity contribution in [1.29, 1.82) is 0 Å². The van der Waals surface area contributed by atoms with Crippen molar-refractivity contribution in [3.63, 3.8) is 0 Å². The van der Waals surface area contributed by atoms with Crippen LogP contribution in [0.3, 0.4) is 0 Å². The van der Waals surface area contributed by atoms with E-state index in [-0.39, 0.29) is 11.3 Å². The molecule has 156 valence electrons. The van der Waals surface area contributed by atoms with Crippen LogP contribution in [0.1, 0.15) is 43.2 Å². The van der Waals surface area contributed by atoms with Gasteiger partial charge >= 0.3 is 0 Å². The van der Waals surface area contributed by atoms with E-state index in [1.807, 2.05) is 36.4 Å². The van der Waals surface area contributed by atoms with E-state index in [4.69, 9.17) is 16.3 Å². The third-order valence-electron chi connectivity index (χ3n) is 5.32. The molecule has 29 heavy (non-hydrogen) atoms. The predicted octanol–water partition coefficient (Wildman–Crippen LogP) is 4.96. The van der Waals surface area contributed by atoms with Crippen LogP contribution in [0.4, 0.5) is 0 Å². The number of carbonyl (C=O) groups excluding carboxylic acids is 1. The van der Waals surface area contributed by atoms with Crippen molar-refractivity contribution in [3.8, 4) is 5.75 Å². The summed E-state index contributed by atoms with van der Waals surface area (Å²) in [5, 5.41) is 0.630. The number of likely N-dealkylation sites (tertiary alicyclic amines) is 1. The maximum Gasteiger partial charge on any atom is 0.226 e. The molecule has 4 nitrogen and oxygen atoms in total. The first-order valence-electron chi connectivity index (χ1n) is 10.1. The van der Waals surface area contributed by atoms with Crippen molar-refractivity contribution in [2.24, 2.45) is 0 Å². The van der Waals surface area contributed by atoms with E-state index in [1.54, 1.807) is 12.0 Å². The molecule has 3 rings (SSSR count). The van der Waals surface area contributed by atoms with Crippen molar-refractivity contribution < 1.29 is 13.7 Å². The van der Waals surface area contributed by atoms with Gasteiger partial charge in [0.15, 0.2) is 0 Å². The molecule has 1 aliphatic heterocycles. The third kappa shape index (κ3) is 6.31. The van der Waals surface area contributed by atoms with Gasteiger partial charge in [-0.05, 0) is 54.7 Å². The number of halogens is 1. The number of hydrogen-bond donors (Lipinski definition) is 0. The topological polar surface area (TPSA) is 46.6 Å². The summed E-state index contributed by atoms with van der Waals surface area (Å²) < 4.78 is 17.9. The smallest absolute Gasteiger partial charge is 0.226 e. The Labute approximate surface area is 180 Å². The van der Waals surface area contributed by atoms with Gasteiger partial charge in [0.2, 0.25) is 5.91 Å². The number of unbranched alkanes of at least 4 members (excludes halogenated alkanes) is 3. The van der Waals surface area contributed by atoms with Gasteiger partial charge in [-0.2, -0.15) is 0 Å². The van der Waals surface area contributed by atoms with E-state index in [9.17, 15) is 9.00 Å². The van der Waals surface area contributed by atoms with Gasteiger partial charge in [-0.15, -0.1) is 0 Å². The summed E-state index contributed by atoms with van der Waals surface area (Å²) in [6, 6.07) is 15.6. The molecule has 2 aromatic carbocycles. The van der Waals surface area contributed by atoms with Gasteiger partial charge < -0.3 is 9.64 Å². The number of amides is 1. The number of hydrogen-bond acceptors (Lipinski definition) is 3. The fraction of sp³-hybridized carbons (Fsp3) is 0.435. The highest BCUT2D eigenvalue weighted by atomic mass is 35.5. The van der Waals surface area contributed by atoms with Crippen LogP contribution < -0.4 is 4.74 Å². The minimum atomic E-state index is -1.07. The molecule has 0 bridgehead atoms. The number of ether oxygens (including phenoxy) is 1.